The van der Waals surface area contributed by atoms with E-state index in [0.717, 1.165) is 12.8 Å². The Morgan fingerprint density at radius 1 is 1.24 bits per heavy atom. The van der Waals surface area contributed by atoms with Gasteiger partial charge in [0.15, 0.2) is 6.10 Å². The molecule has 0 aliphatic heterocycles. The topological polar surface area (TPSA) is 52.6 Å². The SMILES string of the molecule is CCCCOC(=O)C(C)OC(=O)C(C)(C)CC. The fraction of sp³-hybridized carbons (Fsp3) is 0.846. The molecule has 0 radical (unpaired) electrons. The summed E-state index contributed by atoms with van der Waals surface area (Å²) in [6.45, 7) is 9.44. The molecule has 0 heterocycles. The zero-order valence-corrected chi connectivity index (χ0v) is 11.5. The molecule has 0 aromatic rings. The maximum absolute atomic E-state index is 11.7. The van der Waals surface area contributed by atoms with Crippen LogP contribution in [0.1, 0.15) is 53.9 Å². The summed E-state index contributed by atoms with van der Waals surface area (Å²) in [4.78, 5) is 23.2. The Labute approximate surface area is 104 Å². The number of carbonyl (C=O) groups is 2. The lowest BCUT2D eigenvalue weighted by Gasteiger charge is -2.22. The Kier molecular flexibility index (Phi) is 6.85. The second kappa shape index (κ2) is 7.30. The quantitative estimate of drug-likeness (QED) is 0.510. The minimum Gasteiger partial charge on any atom is -0.463 e. The molecule has 1 unspecified atom stereocenters. The standard InChI is InChI=1S/C13H24O4/c1-6-8-9-16-11(14)10(3)17-12(15)13(4,5)7-2/h10H,6-9H2,1-5H3. The molecule has 0 saturated heterocycles. The average Bonchev–Trinajstić information content (AvgIpc) is 2.28. The van der Waals surface area contributed by atoms with E-state index in [4.69, 9.17) is 9.47 Å². The van der Waals surface area contributed by atoms with E-state index in [1.807, 2.05) is 13.8 Å². The lowest BCUT2D eigenvalue weighted by atomic mass is 9.91. The van der Waals surface area contributed by atoms with Gasteiger partial charge in [-0.2, -0.15) is 0 Å². The first-order chi connectivity index (χ1) is 7.85. The Hall–Kier alpha value is -1.06. The van der Waals surface area contributed by atoms with Crippen molar-refractivity contribution in [3.63, 3.8) is 0 Å². The van der Waals surface area contributed by atoms with E-state index in [0.29, 0.717) is 13.0 Å². The highest BCUT2D eigenvalue weighted by Gasteiger charge is 2.30. The summed E-state index contributed by atoms with van der Waals surface area (Å²) in [6, 6.07) is 0. The van der Waals surface area contributed by atoms with Gasteiger partial charge in [0.05, 0.1) is 12.0 Å². The van der Waals surface area contributed by atoms with Crippen LogP contribution in [0.3, 0.4) is 0 Å². The molecule has 0 fully saturated rings. The van der Waals surface area contributed by atoms with Crippen LogP contribution in [0.2, 0.25) is 0 Å². The highest BCUT2D eigenvalue weighted by atomic mass is 16.6. The minimum absolute atomic E-state index is 0.361. The number of rotatable bonds is 7. The van der Waals surface area contributed by atoms with Gasteiger partial charge < -0.3 is 9.47 Å². The van der Waals surface area contributed by atoms with E-state index in [1.54, 1.807) is 13.8 Å². The molecule has 4 heteroatoms. The van der Waals surface area contributed by atoms with Crippen molar-refractivity contribution in [1.82, 2.24) is 0 Å². The van der Waals surface area contributed by atoms with Gasteiger partial charge in [-0.15, -0.1) is 0 Å². The predicted molar refractivity (Wildman–Crippen MR) is 65.5 cm³/mol. The van der Waals surface area contributed by atoms with Crippen LogP contribution in [-0.2, 0) is 19.1 Å². The average molecular weight is 244 g/mol. The summed E-state index contributed by atoms with van der Waals surface area (Å²) in [6.07, 6.45) is 1.63. The Bertz CT molecular complexity index is 258. The van der Waals surface area contributed by atoms with Crippen molar-refractivity contribution >= 4 is 11.9 Å². The largest absolute Gasteiger partial charge is 0.463 e. The summed E-state index contributed by atoms with van der Waals surface area (Å²) in [5, 5.41) is 0. The molecule has 100 valence electrons. The van der Waals surface area contributed by atoms with Gasteiger partial charge in [0.25, 0.3) is 0 Å². The van der Waals surface area contributed by atoms with E-state index in [1.165, 1.54) is 6.92 Å². The van der Waals surface area contributed by atoms with Gasteiger partial charge in [0.1, 0.15) is 0 Å². The first kappa shape index (κ1) is 15.9. The molecule has 0 aliphatic carbocycles. The molecule has 0 amide bonds. The Morgan fingerprint density at radius 2 is 1.82 bits per heavy atom. The molecule has 0 rings (SSSR count). The molecular weight excluding hydrogens is 220 g/mol. The molecule has 1 atom stereocenters. The Morgan fingerprint density at radius 3 is 2.29 bits per heavy atom. The summed E-state index contributed by atoms with van der Waals surface area (Å²) < 4.78 is 10.1. The molecule has 0 aliphatic rings. The van der Waals surface area contributed by atoms with Gasteiger partial charge in [0.2, 0.25) is 0 Å². The maximum Gasteiger partial charge on any atom is 0.347 e. The molecule has 0 spiro atoms. The van der Waals surface area contributed by atoms with Crippen LogP contribution >= 0.6 is 0 Å². The van der Waals surface area contributed by atoms with Gasteiger partial charge in [-0.25, -0.2) is 4.79 Å². The third-order valence-corrected chi connectivity index (χ3v) is 2.79. The molecule has 0 N–H and O–H groups in total. The number of esters is 2. The van der Waals surface area contributed by atoms with Crippen LogP contribution in [0.25, 0.3) is 0 Å². The summed E-state index contributed by atoms with van der Waals surface area (Å²) in [5.74, 6) is -0.835. The van der Waals surface area contributed by atoms with Gasteiger partial charge in [-0.05, 0) is 33.6 Å². The zero-order chi connectivity index (χ0) is 13.5. The van der Waals surface area contributed by atoms with Crippen molar-refractivity contribution in [2.75, 3.05) is 6.61 Å². The number of unbranched alkanes of at least 4 members (excludes halogenated alkanes) is 1. The summed E-state index contributed by atoms with van der Waals surface area (Å²) >= 11 is 0. The van der Waals surface area contributed by atoms with Crippen molar-refractivity contribution < 1.29 is 19.1 Å². The fourth-order valence-corrected chi connectivity index (χ4v) is 0.947. The van der Waals surface area contributed by atoms with Crippen LogP contribution in [0.4, 0.5) is 0 Å². The molecule has 0 bridgehead atoms. The van der Waals surface area contributed by atoms with Crippen LogP contribution < -0.4 is 0 Å². The van der Waals surface area contributed by atoms with Gasteiger partial charge in [-0.3, -0.25) is 4.79 Å². The number of hydrogen-bond donors (Lipinski definition) is 0. The monoisotopic (exact) mass is 244 g/mol. The van der Waals surface area contributed by atoms with E-state index in [-0.39, 0.29) is 5.97 Å². The first-order valence-electron chi connectivity index (χ1n) is 6.22. The summed E-state index contributed by atoms with van der Waals surface area (Å²) in [5.41, 5.74) is -0.558. The smallest absolute Gasteiger partial charge is 0.347 e. The van der Waals surface area contributed by atoms with Crippen molar-refractivity contribution in [2.45, 2.75) is 60.0 Å². The van der Waals surface area contributed by atoms with Crippen molar-refractivity contribution in [2.24, 2.45) is 5.41 Å². The van der Waals surface area contributed by atoms with E-state index < -0.39 is 17.5 Å². The fourth-order valence-electron chi connectivity index (χ4n) is 0.947. The van der Waals surface area contributed by atoms with Crippen LogP contribution in [0.5, 0.6) is 0 Å². The van der Waals surface area contributed by atoms with Crippen LogP contribution in [-0.4, -0.2) is 24.6 Å². The maximum atomic E-state index is 11.7. The van der Waals surface area contributed by atoms with Crippen molar-refractivity contribution in [1.29, 1.82) is 0 Å². The van der Waals surface area contributed by atoms with E-state index in [2.05, 4.69) is 0 Å². The molecular formula is C13H24O4. The normalized spacial score (nSPS) is 13.0. The molecule has 0 aromatic heterocycles. The predicted octanol–water partition coefficient (Wildman–Crippen LogP) is 2.70. The minimum atomic E-state index is -0.829. The molecule has 17 heavy (non-hydrogen) atoms. The highest BCUT2D eigenvalue weighted by molar-refractivity contribution is 5.81. The van der Waals surface area contributed by atoms with Crippen LogP contribution in [0.15, 0.2) is 0 Å². The van der Waals surface area contributed by atoms with E-state index in [9.17, 15) is 9.59 Å². The number of ether oxygens (including phenoxy) is 2. The number of hydrogen-bond acceptors (Lipinski definition) is 4. The summed E-state index contributed by atoms with van der Waals surface area (Å²) in [7, 11) is 0. The highest BCUT2D eigenvalue weighted by Crippen LogP contribution is 2.22. The molecule has 4 nitrogen and oxygen atoms in total. The zero-order valence-electron chi connectivity index (χ0n) is 11.5. The third-order valence-electron chi connectivity index (χ3n) is 2.79. The Balaban J connectivity index is 4.12. The number of carbonyl (C=O) groups excluding carboxylic acids is 2. The second-order valence-electron chi connectivity index (χ2n) is 4.81. The molecule has 0 saturated carbocycles. The third kappa shape index (κ3) is 5.71. The van der Waals surface area contributed by atoms with Crippen LogP contribution in [0, 0.1) is 5.41 Å². The molecule has 0 aromatic carbocycles. The first-order valence-corrected chi connectivity index (χ1v) is 6.22. The van der Waals surface area contributed by atoms with E-state index >= 15 is 0 Å². The lowest BCUT2D eigenvalue weighted by Crippen LogP contribution is -2.33. The second-order valence-corrected chi connectivity index (χ2v) is 4.81. The van der Waals surface area contributed by atoms with Gasteiger partial charge >= 0.3 is 11.9 Å². The lowest BCUT2D eigenvalue weighted by molar-refractivity contribution is -0.172. The van der Waals surface area contributed by atoms with Crippen molar-refractivity contribution in [3.05, 3.63) is 0 Å². The van der Waals surface area contributed by atoms with Gasteiger partial charge in [0, 0.05) is 0 Å². The van der Waals surface area contributed by atoms with Crippen molar-refractivity contribution in [3.8, 4) is 0 Å². The van der Waals surface area contributed by atoms with Gasteiger partial charge in [-0.1, -0.05) is 20.3 Å².